The summed E-state index contributed by atoms with van der Waals surface area (Å²) in [7, 11) is 0. The van der Waals surface area contributed by atoms with Gasteiger partial charge in [-0.05, 0) is 42.7 Å². The third-order valence-electron chi connectivity index (χ3n) is 5.30. The summed E-state index contributed by atoms with van der Waals surface area (Å²) in [5.41, 5.74) is 2.91. The first-order chi connectivity index (χ1) is 13.5. The summed E-state index contributed by atoms with van der Waals surface area (Å²) in [4.78, 5) is 14.6. The molecule has 28 heavy (non-hydrogen) atoms. The Bertz CT molecular complexity index is 1000. The van der Waals surface area contributed by atoms with Crippen LogP contribution in [0.5, 0.6) is 0 Å². The summed E-state index contributed by atoms with van der Waals surface area (Å²) < 4.78 is 31.5. The summed E-state index contributed by atoms with van der Waals surface area (Å²) in [6.07, 6.45) is 0.663. The van der Waals surface area contributed by atoms with Gasteiger partial charge in [-0.25, -0.2) is 0 Å². The number of hydrogen-bond acceptors (Lipinski definition) is 2. The van der Waals surface area contributed by atoms with Crippen LogP contribution in [0, 0.1) is 6.92 Å². The molecule has 1 atom stereocenters. The molecule has 0 aliphatic carbocycles. The van der Waals surface area contributed by atoms with Crippen molar-refractivity contribution in [3.05, 3.63) is 101 Å². The van der Waals surface area contributed by atoms with Gasteiger partial charge in [0.05, 0.1) is 0 Å². The number of fused-ring (bicyclic) bond motifs is 1. The quantitative estimate of drug-likeness (QED) is 0.550. The van der Waals surface area contributed by atoms with Gasteiger partial charge in [0.2, 0.25) is 5.78 Å². The van der Waals surface area contributed by atoms with Gasteiger partial charge in [-0.3, -0.25) is 4.79 Å². The molecule has 1 heterocycles. The molecule has 4 heteroatoms. The van der Waals surface area contributed by atoms with Crippen molar-refractivity contribution >= 4 is 11.5 Å². The minimum atomic E-state index is -3.57. The summed E-state index contributed by atoms with van der Waals surface area (Å²) >= 11 is 0. The van der Waals surface area contributed by atoms with Gasteiger partial charge in [0, 0.05) is 17.8 Å². The first-order valence-electron chi connectivity index (χ1n) is 9.37. The third-order valence-corrected chi connectivity index (χ3v) is 5.30. The van der Waals surface area contributed by atoms with Gasteiger partial charge >= 0.3 is 5.92 Å². The number of halogens is 2. The highest BCUT2D eigenvalue weighted by atomic mass is 19.3. The number of para-hydroxylation sites is 1. The van der Waals surface area contributed by atoms with E-state index >= 15 is 8.78 Å². The van der Waals surface area contributed by atoms with Gasteiger partial charge < -0.3 is 4.90 Å². The van der Waals surface area contributed by atoms with Crippen molar-refractivity contribution < 1.29 is 13.6 Å². The molecule has 0 N–H and O–H groups in total. The number of anilines is 1. The monoisotopic (exact) mass is 377 g/mol. The van der Waals surface area contributed by atoms with E-state index in [4.69, 9.17) is 0 Å². The van der Waals surface area contributed by atoms with E-state index in [1.807, 2.05) is 42.5 Å². The summed E-state index contributed by atoms with van der Waals surface area (Å²) in [5.74, 6) is -4.71. The number of nitrogens with zero attached hydrogens (tertiary/aromatic N) is 1. The Labute approximate surface area is 163 Å². The highest BCUT2D eigenvalue weighted by Gasteiger charge is 2.52. The van der Waals surface area contributed by atoms with Gasteiger partial charge in [0.25, 0.3) is 0 Å². The Hall–Kier alpha value is -3.01. The fraction of sp³-hybridized carbons (Fsp3) is 0.208. The average molecular weight is 377 g/mol. The molecule has 3 aromatic rings. The highest BCUT2D eigenvalue weighted by Crippen LogP contribution is 2.44. The van der Waals surface area contributed by atoms with Gasteiger partial charge in [-0.2, -0.15) is 8.78 Å². The van der Waals surface area contributed by atoms with Crippen molar-refractivity contribution in [3.8, 4) is 0 Å². The van der Waals surface area contributed by atoms with E-state index in [-0.39, 0.29) is 5.56 Å². The normalized spacial score (nSPS) is 16.5. The summed E-state index contributed by atoms with van der Waals surface area (Å²) in [5, 5.41) is 0. The number of ketones is 1. The zero-order chi connectivity index (χ0) is 19.7. The first kappa shape index (κ1) is 18.4. The lowest BCUT2D eigenvalue weighted by Crippen LogP contribution is -2.49. The SMILES string of the molecule is Cc1cccc(C(=O)C(F)(F)C2c3ccccc3CCN2c2ccccc2)c1. The lowest BCUT2D eigenvalue weighted by Gasteiger charge is -2.42. The molecule has 0 radical (unpaired) electrons. The predicted octanol–water partition coefficient (Wildman–Crippen LogP) is 5.62. The third kappa shape index (κ3) is 3.19. The molecule has 2 nitrogen and oxygen atoms in total. The molecular weight excluding hydrogens is 356 g/mol. The van der Waals surface area contributed by atoms with E-state index < -0.39 is 17.7 Å². The molecule has 0 fully saturated rings. The van der Waals surface area contributed by atoms with E-state index in [1.54, 1.807) is 36.1 Å². The number of rotatable bonds is 4. The van der Waals surface area contributed by atoms with Crippen LogP contribution in [0.2, 0.25) is 0 Å². The number of carbonyl (C=O) groups is 1. The Morgan fingerprint density at radius 1 is 0.964 bits per heavy atom. The highest BCUT2D eigenvalue weighted by molar-refractivity contribution is 6.02. The molecule has 3 aromatic carbocycles. The molecule has 0 bridgehead atoms. The van der Waals surface area contributed by atoms with E-state index in [0.717, 1.165) is 11.1 Å². The van der Waals surface area contributed by atoms with Crippen LogP contribution in [0.15, 0.2) is 78.9 Å². The molecule has 4 rings (SSSR count). The molecule has 1 aliphatic rings. The van der Waals surface area contributed by atoms with Gasteiger partial charge in [0.1, 0.15) is 6.04 Å². The van der Waals surface area contributed by atoms with Crippen LogP contribution in [0.3, 0.4) is 0 Å². The molecular formula is C24H21F2NO. The average Bonchev–Trinajstić information content (AvgIpc) is 2.73. The van der Waals surface area contributed by atoms with Crippen LogP contribution >= 0.6 is 0 Å². The lowest BCUT2D eigenvalue weighted by molar-refractivity contribution is -0.0104. The fourth-order valence-electron chi connectivity index (χ4n) is 3.96. The zero-order valence-electron chi connectivity index (χ0n) is 15.6. The first-order valence-corrected chi connectivity index (χ1v) is 9.37. The van der Waals surface area contributed by atoms with Crippen molar-refractivity contribution in [1.29, 1.82) is 0 Å². The minimum Gasteiger partial charge on any atom is -0.358 e. The van der Waals surface area contributed by atoms with Crippen molar-refractivity contribution in [2.24, 2.45) is 0 Å². The molecule has 1 unspecified atom stereocenters. The molecule has 0 spiro atoms. The Morgan fingerprint density at radius 2 is 1.68 bits per heavy atom. The van der Waals surface area contributed by atoms with Crippen LogP contribution in [0.25, 0.3) is 0 Å². The van der Waals surface area contributed by atoms with E-state index in [0.29, 0.717) is 24.2 Å². The van der Waals surface area contributed by atoms with Crippen molar-refractivity contribution in [2.75, 3.05) is 11.4 Å². The van der Waals surface area contributed by atoms with Crippen molar-refractivity contribution in [3.63, 3.8) is 0 Å². The number of alkyl halides is 2. The Balaban J connectivity index is 1.83. The Morgan fingerprint density at radius 3 is 2.43 bits per heavy atom. The number of benzene rings is 3. The zero-order valence-corrected chi connectivity index (χ0v) is 15.6. The number of carbonyl (C=O) groups excluding carboxylic acids is 1. The molecule has 0 saturated heterocycles. The standard InChI is InChI=1S/C24H21F2NO/c1-17-8-7-10-19(16-17)23(28)24(25,26)22-21-13-6-5-9-18(21)14-15-27(22)20-11-3-2-4-12-20/h2-13,16,22H,14-15H2,1H3. The predicted molar refractivity (Wildman–Crippen MR) is 107 cm³/mol. The van der Waals surface area contributed by atoms with Crippen LogP contribution < -0.4 is 4.90 Å². The minimum absolute atomic E-state index is 0.0427. The van der Waals surface area contributed by atoms with E-state index in [1.165, 1.54) is 12.1 Å². The molecule has 1 aliphatic heterocycles. The maximum Gasteiger partial charge on any atom is 0.333 e. The second-order valence-electron chi connectivity index (χ2n) is 7.20. The number of aryl methyl sites for hydroxylation is 1. The van der Waals surface area contributed by atoms with Crippen LogP contribution in [0.1, 0.15) is 33.1 Å². The maximum atomic E-state index is 15.7. The maximum absolute atomic E-state index is 15.7. The molecule has 0 aromatic heterocycles. The molecule has 142 valence electrons. The van der Waals surface area contributed by atoms with Crippen molar-refractivity contribution in [2.45, 2.75) is 25.3 Å². The van der Waals surface area contributed by atoms with Gasteiger partial charge in [-0.1, -0.05) is 66.2 Å². The Kier molecular flexibility index (Phi) is 4.71. The second-order valence-corrected chi connectivity index (χ2v) is 7.20. The topological polar surface area (TPSA) is 20.3 Å². The summed E-state index contributed by atoms with van der Waals surface area (Å²) in [6, 6.07) is 21.4. The lowest BCUT2D eigenvalue weighted by atomic mass is 9.85. The van der Waals surface area contributed by atoms with Crippen LogP contribution in [-0.4, -0.2) is 18.3 Å². The molecule has 0 amide bonds. The number of Topliss-reactive ketones (excluding diaryl/α,β-unsaturated/α-hetero) is 1. The smallest absolute Gasteiger partial charge is 0.333 e. The second kappa shape index (κ2) is 7.19. The van der Waals surface area contributed by atoms with Crippen LogP contribution in [-0.2, 0) is 6.42 Å². The number of hydrogen-bond donors (Lipinski definition) is 0. The summed E-state index contributed by atoms with van der Waals surface area (Å²) in [6.45, 7) is 2.23. The van der Waals surface area contributed by atoms with E-state index in [9.17, 15) is 4.79 Å². The van der Waals surface area contributed by atoms with Gasteiger partial charge in [-0.15, -0.1) is 0 Å². The van der Waals surface area contributed by atoms with E-state index in [2.05, 4.69) is 0 Å². The van der Waals surface area contributed by atoms with Gasteiger partial charge in [0.15, 0.2) is 0 Å². The molecule has 0 saturated carbocycles. The fourth-order valence-corrected chi connectivity index (χ4v) is 3.96. The largest absolute Gasteiger partial charge is 0.358 e. The van der Waals surface area contributed by atoms with Crippen molar-refractivity contribution in [1.82, 2.24) is 0 Å². The van der Waals surface area contributed by atoms with Crippen LogP contribution in [0.4, 0.5) is 14.5 Å².